The van der Waals surface area contributed by atoms with Gasteiger partial charge in [-0.15, -0.1) is 0 Å². The van der Waals surface area contributed by atoms with E-state index < -0.39 is 0 Å². The standard InChI is InChI=1S/C24H28BrClN2O.C23H26BrClN2O/c1-28-10-9-17(14-21(28)4-3-11-29-2)23-22-8-7-20(26)13-16(22)5-6-18-12-19(25)15-27-24(18)23;1-28-10-2-3-20-13-16(8-9-26-20)22-21-7-6-19(25)12-15(21)4-5-17-11-18(24)14-27-23(17)22/h7-8,12-13,15,21H,3-6,9-11,14H2,1-2H3;4-7,11-12,14,16,20,22,26H,2-3,8-10,13H2,1H3/b23-17-;/t21-;16?,20-,22?/m00/s1. The average Bonchev–Trinajstić information content (AvgIpc) is 3.46. The van der Waals surface area contributed by atoms with E-state index in [0.29, 0.717) is 18.0 Å². The van der Waals surface area contributed by atoms with Crippen LogP contribution in [0.25, 0.3) is 17.7 Å². The van der Waals surface area contributed by atoms with Crippen molar-refractivity contribution in [1.29, 1.82) is 0 Å². The highest BCUT2D eigenvalue weighted by Crippen LogP contribution is 2.44. The minimum Gasteiger partial charge on any atom is -0.385 e. The van der Waals surface area contributed by atoms with Gasteiger partial charge in [-0.1, -0.05) is 53.1 Å². The van der Waals surface area contributed by atoms with E-state index in [-0.39, 0.29) is 5.92 Å². The molecule has 2 saturated heterocycles. The lowest BCUT2D eigenvalue weighted by Crippen LogP contribution is -2.40. The second kappa shape index (κ2) is 20.2. The Morgan fingerprint density at radius 2 is 1.54 bits per heavy atom. The molecular weight excluding hydrogens is 883 g/mol. The van der Waals surface area contributed by atoms with Crippen LogP contribution in [0.3, 0.4) is 0 Å². The normalized spacial score (nSPS) is 22.9. The summed E-state index contributed by atoms with van der Waals surface area (Å²) < 4.78 is 12.6. The lowest BCUT2D eigenvalue weighted by molar-refractivity contribution is 0.160. The summed E-state index contributed by atoms with van der Waals surface area (Å²) in [7, 11) is 5.81. The molecule has 0 bridgehead atoms. The molecule has 2 aromatic heterocycles. The predicted octanol–water partition coefficient (Wildman–Crippen LogP) is 11.8. The number of methoxy groups -OCH3 is 2. The number of likely N-dealkylation sites (tertiary alicyclic amines) is 1. The number of aryl methyl sites for hydroxylation is 2. The number of benzene rings is 2. The third kappa shape index (κ3) is 10.5. The molecule has 1 N–H and O–H groups in total. The maximum absolute atomic E-state index is 6.36. The highest BCUT2D eigenvalue weighted by atomic mass is 79.9. The fourth-order valence-corrected chi connectivity index (χ4v) is 10.5. The van der Waals surface area contributed by atoms with Crippen molar-refractivity contribution < 1.29 is 9.47 Å². The van der Waals surface area contributed by atoms with Gasteiger partial charge in [0.2, 0.25) is 0 Å². The molecule has 8 rings (SSSR count). The molecule has 0 saturated carbocycles. The van der Waals surface area contributed by atoms with E-state index in [0.717, 1.165) is 115 Å². The third-order valence-electron chi connectivity index (χ3n) is 12.2. The topological polar surface area (TPSA) is 59.5 Å². The van der Waals surface area contributed by atoms with Gasteiger partial charge in [0.05, 0.1) is 11.4 Å². The van der Waals surface area contributed by atoms with Crippen molar-refractivity contribution in [3.8, 4) is 0 Å². The number of nitrogens with one attached hydrogen (secondary N) is 1. The highest BCUT2D eigenvalue weighted by Gasteiger charge is 2.34. The zero-order valence-corrected chi connectivity index (χ0v) is 38.0. The smallest absolute Gasteiger partial charge is 0.0740 e. The fraction of sp³-hybridized carbons (Fsp3) is 0.447. The van der Waals surface area contributed by atoms with Crippen LogP contribution in [0, 0.1) is 5.92 Å². The van der Waals surface area contributed by atoms with Gasteiger partial charge < -0.3 is 19.7 Å². The molecule has 0 radical (unpaired) electrons. The molecule has 2 fully saturated rings. The van der Waals surface area contributed by atoms with Crippen LogP contribution in [0.4, 0.5) is 0 Å². The van der Waals surface area contributed by atoms with Crippen LogP contribution in [0.5, 0.6) is 0 Å². The van der Waals surface area contributed by atoms with Crippen molar-refractivity contribution in [2.75, 3.05) is 47.6 Å². The summed E-state index contributed by atoms with van der Waals surface area (Å²) in [6.07, 6.45) is 19.2. The largest absolute Gasteiger partial charge is 0.385 e. The molecular formula is C47H54Br2Cl2N4O2. The first-order valence-corrected chi connectivity index (χ1v) is 22.8. The Balaban J connectivity index is 0.000000174. The molecule has 2 aliphatic heterocycles. The summed E-state index contributed by atoms with van der Waals surface area (Å²) in [4.78, 5) is 12.3. The van der Waals surface area contributed by atoms with E-state index in [2.05, 4.69) is 97.7 Å². The van der Waals surface area contributed by atoms with Crippen molar-refractivity contribution in [2.45, 2.75) is 82.2 Å². The van der Waals surface area contributed by atoms with Crippen LogP contribution in [0.15, 0.2) is 75.4 Å². The Kier molecular flexibility index (Phi) is 15.2. The van der Waals surface area contributed by atoms with E-state index in [1.807, 2.05) is 24.5 Å². The number of hydrogen-bond donors (Lipinski definition) is 1. The first kappa shape index (κ1) is 42.7. The van der Waals surface area contributed by atoms with E-state index in [9.17, 15) is 0 Å². The van der Waals surface area contributed by atoms with Crippen molar-refractivity contribution in [2.24, 2.45) is 5.92 Å². The molecule has 10 heteroatoms. The zero-order chi connectivity index (χ0) is 39.9. The van der Waals surface area contributed by atoms with Gasteiger partial charge in [-0.25, -0.2) is 0 Å². The molecule has 2 aliphatic carbocycles. The van der Waals surface area contributed by atoms with E-state index in [1.54, 1.807) is 14.2 Å². The highest BCUT2D eigenvalue weighted by molar-refractivity contribution is 9.10. The number of rotatable bonds is 9. The quantitative estimate of drug-likeness (QED) is 0.169. The number of pyridine rings is 2. The summed E-state index contributed by atoms with van der Waals surface area (Å²) in [6, 6.07) is 18.2. The van der Waals surface area contributed by atoms with Crippen molar-refractivity contribution in [3.05, 3.63) is 130 Å². The van der Waals surface area contributed by atoms with E-state index >= 15 is 0 Å². The van der Waals surface area contributed by atoms with Crippen molar-refractivity contribution >= 4 is 72.8 Å². The molecule has 4 aromatic rings. The lowest BCUT2D eigenvalue weighted by atomic mass is 9.74. The van der Waals surface area contributed by atoms with Gasteiger partial charge in [0.1, 0.15) is 0 Å². The second-order valence-electron chi connectivity index (χ2n) is 15.9. The van der Waals surface area contributed by atoms with Crippen LogP contribution in [-0.4, -0.2) is 74.5 Å². The molecule has 0 spiro atoms. The maximum Gasteiger partial charge on any atom is 0.0740 e. The van der Waals surface area contributed by atoms with Gasteiger partial charge in [0.25, 0.3) is 0 Å². The van der Waals surface area contributed by atoms with Crippen LogP contribution >= 0.6 is 55.1 Å². The van der Waals surface area contributed by atoms with Crippen LogP contribution in [0.1, 0.15) is 102 Å². The Hall–Kier alpha value is -2.40. The Labute approximate surface area is 366 Å². The minimum atomic E-state index is 0.289. The number of hydrogen-bond acceptors (Lipinski definition) is 6. The molecule has 6 nitrogen and oxygen atoms in total. The number of halogens is 4. The average molecular weight is 938 g/mol. The molecule has 2 aromatic carbocycles. The van der Waals surface area contributed by atoms with E-state index in [1.165, 1.54) is 50.2 Å². The molecule has 4 heterocycles. The molecule has 2 unspecified atom stereocenters. The Morgan fingerprint density at radius 3 is 2.37 bits per heavy atom. The van der Waals surface area contributed by atoms with E-state index in [4.69, 9.17) is 42.6 Å². The van der Waals surface area contributed by atoms with Crippen LogP contribution in [0.2, 0.25) is 10.0 Å². The third-order valence-corrected chi connectivity index (χ3v) is 13.6. The van der Waals surface area contributed by atoms with Gasteiger partial charge >= 0.3 is 0 Å². The van der Waals surface area contributed by atoms with Crippen molar-refractivity contribution in [1.82, 2.24) is 20.2 Å². The number of piperidine rings is 2. The molecule has 4 atom stereocenters. The van der Waals surface area contributed by atoms with Gasteiger partial charge in [0.15, 0.2) is 0 Å². The van der Waals surface area contributed by atoms with Gasteiger partial charge in [0, 0.05) is 88.9 Å². The monoisotopic (exact) mass is 934 g/mol. The number of aromatic nitrogens is 2. The molecule has 4 aliphatic rings. The second-order valence-corrected chi connectivity index (χ2v) is 18.7. The van der Waals surface area contributed by atoms with Gasteiger partial charge in [-0.2, -0.15) is 0 Å². The summed E-state index contributed by atoms with van der Waals surface area (Å²) >= 11 is 19.9. The SMILES string of the molecule is COCCC[C@H]1C/C(=C2/c3ccc(Cl)cc3CCc3cc(Br)cnc32)CCN1C.COCCC[C@H]1CC(C2c3ccc(Cl)cc3C=Cc3cc(Br)cnc32)CCN1. The molecule has 0 amide bonds. The Morgan fingerprint density at radius 1 is 0.825 bits per heavy atom. The molecule has 302 valence electrons. The van der Waals surface area contributed by atoms with Crippen LogP contribution in [-0.2, 0) is 22.3 Å². The number of fused-ring (bicyclic) bond motifs is 4. The van der Waals surface area contributed by atoms with Gasteiger partial charge in [-0.3, -0.25) is 9.97 Å². The lowest BCUT2D eigenvalue weighted by Gasteiger charge is -2.36. The summed E-state index contributed by atoms with van der Waals surface area (Å²) in [5.74, 6) is 0.846. The Bertz CT molecular complexity index is 1980. The zero-order valence-electron chi connectivity index (χ0n) is 33.3. The summed E-state index contributed by atoms with van der Waals surface area (Å²) in [6.45, 7) is 3.80. The number of nitrogens with zero attached hydrogens (tertiary/aromatic N) is 3. The maximum atomic E-state index is 6.36. The summed E-state index contributed by atoms with van der Waals surface area (Å²) in [5, 5.41) is 5.30. The number of ether oxygens (including phenoxy) is 2. The van der Waals surface area contributed by atoms with Crippen LogP contribution < -0.4 is 5.32 Å². The van der Waals surface area contributed by atoms with Gasteiger partial charge in [-0.05, 0) is 185 Å². The minimum absolute atomic E-state index is 0.289. The van der Waals surface area contributed by atoms with Crippen molar-refractivity contribution in [3.63, 3.8) is 0 Å². The fourth-order valence-electron chi connectivity index (χ4n) is 9.39. The molecule has 57 heavy (non-hydrogen) atoms. The first-order chi connectivity index (χ1) is 27.7. The predicted molar refractivity (Wildman–Crippen MR) is 243 cm³/mol. The first-order valence-electron chi connectivity index (χ1n) is 20.4. The summed E-state index contributed by atoms with van der Waals surface area (Å²) in [5.41, 5.74) is 13.0.